The second kappa shape index (κ2) is 8.10. The van der Waals surface area contributed by atoms with Crippen LogP contribution in [-0.4, -0.2) is 26.8 Å². The zero-order chi connectivity index (χ0) is 19.6. The van der Waals surface area contributed by atoms with Crippen LogP contribution in [0.3, 0.4) is 0 Å². The maximum Gasteiger partial charge on any atom is 0.254 e. The van der Waals surface area contributed by atoms with Gasteiger partial charge in [0.1, 0.15) is 0 Å². The van der Waals surface area contributed by atoms with Gasteiger partial charge in [0.05, 0.1) is 16.7 Å². The van der Waals surface area contributed by atoms with Gasteiger partial charge in [0.2, 0.25) is 0 Å². The smallest absolute Gasteiger partial charge is 0.254 e. The molecule has 0 saturated carbocycles. The van der Waals surface area contributed by atoms with Gasteiger partial charge in [-0.25, -0.2) is 0 Å². The molecule has 0 spiro atoms. The molecule has 0 aliphatic carbocycles. The molecular weight excluding hydrogens is 426 g/mol. The molecule has 0 amide bonds. The van der Waals surface area contributed by atoms with Crippen molar-refractivity contribution in [3.05, 3.63) is 69.8 Å². The number of hydrogen-bond acceptors (Lipinski definition) is 5. The fourth-order valence-corrected chi connectivity index (χ4v) is 3.10. The van der Waals surface area contributed by atoms with Crippen LogP contribution in [0.2, 0.25) is 0 Å². The van der Waals surface area contributed by atoms with Crippen molar-refractivity contribution in [1.82, 2.24) is 0 Å². The van der Waals surface area contributed by atoms with E-state index >= 15 is 0 Å². The lowest BCUT2D eigenvalue weighted by Gasteiger charge is -2.14. The summed E-state index contributed by atoms with van der Waals surface area (Å²) in [6.45, 7) is 0. The largest absolute Gasteiger partial charge is 0.289 e. The lowest BCUT2D eigenvalue weighted by atomic mass is 9.89. The SMILES string of the molecule is O=C(Cl)c1cc(C(=O)c2ccccc2)c(C(=O)Cl)c(C(=O)Cl)c1C(=O)Cl. The molecule has 0 N–H and O–H groups in total. The number of hydrogen-bond donors (Lipinski definition) is 0. The van der Waals surface area contributed by atoms with Crippen molar-refractivity contribution in [3.8, 4) is 0 Å². The normalized spacial score (nSPS) is 10.3. The van der Waals surface area contributed by atoms with Gasteiger partial charge in [-0.05, 0) is 52.5 Å². The molecule has 0 heterocycles. The molecule has 0 atom stereocenters. The van der Waals surface area contributed by atoms with E-state index in [2.05, 4.69) is 0 Å². The Morgan fingerprint density at radius 2 is 1.04 bits per heavy atom. The molecule has 0 aromatic heterocycles. The summed E-state index contributed by atoms with van der Waals surface area (Å²) in [6, 6.07) is 8.55. The minimum atomic E-state index is -1.31. The van der Waals surface area contributed by atoms with Crippen molar-refractivity contribution in [2.75, 3.05) is 0 Å². The van der Waals surface area contributed by atoms with Crippen molar-refractivity contribution in [1.29, 1.82) is 0 Å². The van der Waals surface area contributed by atoms with Gasteiger partial charge >= 0.3 is 0 Å². The van der Waals surface area contributed by atoms with Crippen molar-refractivity contribution in [2.24, 2.45) is 0 Å². The van der Waals surface area contributed by atoms with Gasteiger partial charge in [-0.1, -0.05) is 30.3 Å². The van der Waals surface area contributed by atoms with Crippen LogP contribution >= 0.6 is 46.4 Å². The minimum Gasteiger partial charge on any atom is -0.289 e. The van der Waals surface area contributed by atoms with E-state index in [1.807, 2.05) is 0 Å². The first-order valence-corrected chi connectivity index (χ1v) is 8.28. The average molecular weight is 432 g/mol. The van der Waals surface area contributed by atoms with E-state index in [0.29, 0.717) is 0 Å². The Balaban J connectivity index is 2.99. The Morgan fingerprint density at radius 3 is 1.46 bits per heavy atom. The van der Waals surface area contributed by atoms with Gasteiger partial charge in [-0.3, -0.25) is 24.0 Å². The first kappa shape index (κ1) is 20.3. The Kier molecular flexibility index (Phi) is 6.31. The highest BCUT2D eigenvalue weighted by Gasteiger charge is 2.32. The number of carbonyl (C=O) groups excluding carboxylic acids is 5. The Bertz CT molecular complexity index is 967. The number of benzene rings is 2. The zero-order valence-corrected chi connectivity index (χ0v) is 15.5. The second-order valence-corrected chi connectivity index (χ2v) is 6.26. The molecule has 132 valence electrons. The highest BCUT2D eigenvalue weighted by Crippen LogP contribution is 2.30. The fraction of sp³-hybridized carbons (Fsp3) is 0. The van der Waals surface area contributed by atoms with Gasteiger partial charge in [0, 0.05) is 16.7 Å². The molecule has 0 unspecified atom stereocenters. The molecule has 0 aliphatic heterocycles. The standard InChI is InChI=1S/C17H6Cl4O5/c18-14(23)9-6-8(13(22)7-4-2-1-3-5-7)10(15(19)24)12(17(21)26)11(9)16(20)25/h1-6H. The summed E-state index contributed by atoms with van der Waals surface area (Å²) in [5.41, 5.74) is -2.90. The maximum atomic E-state index is 12.8. The number of carbonyl (C=O) groups is 5. The molecule has 0 fully saturated rings. The van der Waals surface area contributed by atoms with Crippen LogP contribution < -0.4 is 0 Å². The summed E-state index contributed by atoms with van der Waals surface area (Å²) in [5.74, 6) is -0.735. The number of ketones is 1. The summed E-state index contributed by atoms with van der Waals surface area (Å²) in [4.78, 5) is 60.0. The lowest BCUT2D eigenvalue weighted by molar-refractivity contribution is 0.101. The first-order chi connectivity index (χ1) is 12.2. The van der Waals surface area contributed by atoms with Gasteiger partial charge in [0.25, 0.3) is 21.0 Å². The maximum absolute atomic E-state index is 12.8. The highest BCUT2D eigenvalue weighted by atomic mass is 35.5. The van der Waals surface area contributed by atoms with E-state index < -0.39 is 54.6 Å². The number of halogens is 4. The molecule has 2 aromatic carbocycles. The van der Waals surface area contributed by atoms with Gasteiger partial charge in [-0.15, -0.1) is 0 Å². The Hall–Kier alpha value is -2.05. The van der Waals surface area contributed by atoms with Crippen LogP contribution in [0, 0.1) is 0 Å². The van der Waals surface area contributed by atoms with E-state index in [1.54, 1.807) is 18.2 Å². The van der Waals surface area contributed by atoms with E-state index in [9.17, 15) is 24.0 Å². The summed E-state index contributed by atoms with van der Waals surface area (Å²) in [7, 11) is 0. The predicted octanol–water partition coefficient (Wildman–Crippen LogP) is 4.43. The molecule has 2 aromatic rings. The summed E-state index contributed by atoms with van der Waals surface area (Å²) in [6.07, 6.45) is 0. The average Bonchev–Trinajstić information content (AvgIpc) is 2.59. The predicted molar refractivity (Wildman–Crippen MR) is 97.1 cm³/mol. The molecule has 26 heavy (non-hydrogen) atoms. The molecule has 2 rings (SSSR count). The van der Waals surface area contributed by atoms with Crippen molar-refractivity contribution >= 4 is 73.2 Å². The monoisotopic (exact) mass is 430 g/mol. The molecule has 0 aliphatic rings. The lowest BCUT2D eigenvalue weighted by Crippen LogP contribution is -2.18. The Morgan fingerprint density at radius 1 is 0.577 bits per heavy atom. The van der Waals surface area contributed by atoms with Crippen LogP contribution in [0.4, 0.5) is 0 Å². The minimum absolute atomic E-state index is 0.137. The van der Waals surface area contributed by atoms with Crippen molar-refractivity contribution in [3.63, 3.8) is 0 Å². The van der Waals surface area contributed by atoms with E-state index in [1.165, 1.54) is 12.1 Å². The topological polar surface area (TPSA) is 85.3 Å². The van der Waals surface area contributed by atoms with E-state index in [0.717, 1.165) is 6.07 Å². The summed E-state index contributed by atoms with van der Waals surface area (Å²) < 4.78 is 0. The third-order valence-electron chi connectivity index (χ3n) is 3.41. The van der Waals surface area contributed by atoms with Gasteiger partial charge in [-0.2, -0.15) is 0 Å². The molecule has 0 bridgehead atoms. The number of rotatable bonds is 6. The van der Waals surface area contributed by atoms with Crippen molar-refractivity contribution < 1.29 is 24.0 Å². The van der Waals surface area contributed by atoms with Crippen LogP contribution in [-0.2, 0) is 0 Å². The second-order valence-electron chi connectivity index (χ2n) is 4.89. The fourth-order valence-electron chi connectivity index (χ4n) is 2.37. The Labute approximate surface area is 166 Å². The molecule has 9 heteroatoms. The first-order valence-electron chi connectivity index (χ1n) is 6.76. The van der Waals surface area contributed by atoms with Crippen LogP contribution in [0.25, 0.3) is 0 Å². The van der Waals surface area contributed by atoms with Crippen LogP contribution in [0.1, 0.15) is 57.4 Å². The quantitative estimate of drug-likeness (QED) is 0.498. The van der Waals surface area contributed by atoms with Crippen LogP contribution in [0.15, 0.2) is 36.4 Å². The van der Waals surface area contributed by atoms with E-state index in [4.69, 9.17) is 46.4 Å². The summed E-state index contributed by atoms with van der Waals surface area (Å²) in [5, 5.41) is -4.99. The third kappa shape index (κ3) is 3.86. The third-order valence-corrected chi connectivity index (χ3v) is 4.18. The van der Waals surface area contributed by atoms with Crippen molar-refractivity contribution in [2.45, 2.75) is 0 Å². The zero-order valence-electron chi connectivity index (χ0n) is 12.5. The molecular formula is C17H6Cl4O5. The summed E-state index contributed by atoms with van der Waals surface area (Å²) >= 11 is 21.9. The molecule has 5 nitrogen and oxygen atoms in total. The molecule has 0 saturated heterocycles. The molecule has 0 radical (unpaired) electrons. The van der Waals surface area contributed by atoms with Gasteiger partial charge in [0.15, 0.2) is 5.78 Å². The van der Waals surface area contributed by atoms with E-state index in [-0.39, 0.29) is 5.56 Å². The highest BCUT2D eigenvalue weighted by molar-refractivity contribution is 6.76. The van der Waals surface area contributed by atoms with Gasteiger partial charge < -0.3 is 0 Å². The van der Waals surface area contributed by atoms with Crippen LogP contribution in [0.5, 0.6) is 0 Å².